The minimum Gasteiger partial charge on any atom is -0.493 e. The van der Waals surface area contributed by atoms with E-state index in [2.05, 4.69) is 11.4 Å². The summed E-state index contributed by atoms with van der Waals surface area (Å²) in [5.41, 5.74) is 3.03. The summed E-state index contributed by atoms with van der Waals surface area (Å²) in [4.78, 5) is 40.4. The average molecular weight is 588 g/mol. The molecule has 1 saturated carbocycles. The molecule has 3 amide bonds. The van der Waals surface area contributed by atoms with Crippen LogP contribution in [0.15, 0.2) is 47.6 Å². The van der Waals surface area contributed by atoms with Crippen LogP contribution < -0.4 is 14.8 Å². The third kappa shape index (κ3) is 6.43. The summed E-state index contributed by atoms with van der Waals surface area (Å²) in [5.74, 6) is 0.883. The molecule has 0 spiro atoms. The number of nitrogens with zero attached hydrogens (tertiary/aromatic N) is 4. The van der Waals surface area contributed by atoms with E-state index in [9.17, 15) is 19.5 Å². The van der Waals surface area contributed by atoms with E-state index in [0.29, 0.717) is 43.0 Å². The zero-order chi connectivity index (χ0) is 30.5. The second-order valence-corrected chi connectivity index (χ2v) is 11.3. The van der Waals surface area contributed by atoms with Crippen LogP contribution in [-0.4, -0.2) is 78.0 Å². The number of benzene rings is 2. The number of nitrogens with one attached hydrogen (secondary N) is 1. The molecule has 2 heterocycles. The number of carbonyl (C=O) groups is 3. The van der Waals surface area contributed by atoms with Crippen LogP contribution in [-0.2, 0) is 16.0 Å². The fourth-order valence-corrected chi connectivity index (χ4v) is 6.54. The predicted octanol–water partition coefficient (Wildman–Crippen LogP) is 3.80. The lowest BCUT2D eigenvalue weighted by Gasteiger charge is -2.43. The van der Waals surface area contributed by atoms with Gasteiger partial charge in [0, 0.05) is 36.9 Å². The first-order valence-corrected chi connectivity index (χ1v) is 14.7. The summed E-state index contributed by atoms with van der Waals surface area (Å²) in [6, 6.07) is 13.4. The van der Waals surface area contributed by atoms with Crippen LogP contribution in [0.5, 0.6) is 11.5 Å². The smallest absolute Gasteiger partial charge is 0.405 e. The molecule has 1 aliphatic carbocycles. The van der Waals surface area contributed by atoms with Crippen molar-refractivity contribution in [3.8, 4) is 17.6 Å². The van der Waals surface area contributed by atoms with Gasteiger partial charge in [0.2, 0.25) is 11.8 Å². The van der Waals surface area contributed by atoms with Gasteiger partial charge < -0.3 is 24.8 Å². The van der Waals surface area contributed by atoms with E-state index < -0.39 is 12.1 Å². The fraction of sp³-hybridized carbons (Fsp3) is 0.469. The van der Waals surface area contributed by atoms with E-state index in [1.54, 1.807) is 48.4 Å². The molecule has 2 aliphatic heterocycles. The van der Waals surface area contributed by atoms with Crippen molar-refractivity contribution in [3.05, 3.63) is 59.2 Å². The molecule has 1 saturated heterocycles. The van der Waals surface area contributed by atoms with Crippen molar-refractivity contribution >= 4 is 23.6 Å². The summed E-state index contributed by atoms with van der Waals surface area (Å²) < 4.78 is 11.0. The van der Waals surface area contributed by atoms with Crippen LogP contribution in [0.3, 0.4) is 0 Å². The van der Waals surface area contributed by atoms with Crippen molar-refractivity contribution in [2.45, 2.75) is 57.0 Å². The van der Waals surface area contributed by atoms with Gasteiger partial charge in [-0.2, -0.15) is 10.4 Å². The number of rotatable bonds is 8. The Morgan fingerprint density at radius 1 is 1.02 bits per heavy atom. The molecule has 0 bridgehead atoms. The lowest BCUT2D eigenvalue weighted by atomic mass is 9.73. The number of amides is 3. The number of carboxylic acid groups (broad SMARTS) is 1. The largest absolute Gasteiger partial charge is 0.493 e. The van der Waals surface area contributed by atoms with Gasteiger partial charge in [-0.15, -0.1) is 0 Å². The molecule has 11 heteroatoms. The van der Waals surface area contributed by atoms with E-state index in [4.69, 9.17) is 19.8 Å². The van der Waals surface area contributed by atoms with Gasteiger partial charge in [0.25, 0.3) is 0 Å². The molecule has 2 aromatic rings. The van der Waals surface area contributed by atoms with Gasteiger partial charge >= 0.3 is 6.09 Å². The van der Waals surface area contributed by atoms with Crippen molar-refractivity contribution in [1.82, 2.24) is 15.2 Å². The molecule has 0 aromatic heterocycles. The topological polar surface area (TPSA) is 145 Å². The Morgan fingerprint density at radius 2 is 1.70 bits per heavy atom. The number of hydrazone groups is 1. The Balaban J connectivity index is 1.33. The number of hydrogen-bond donors (Lipinski definition) is 2. The van der Waals surface area contributed by atoms with E-state index in [1.165, 1.54) is 0 Å². The zero-order valence-corrected chi connectivity index (χ0v) is 24.5. The molecule has 3 aliphatic rings. The molecule has 0 unspecified atom stereocenters. The van der Waals surface area contributed by atoms with E-state index >= 15 is 0 Å². The zero-order valence-electron chi connectivity index (χ0n) is 24.5. The summed E-state index contributed by atoms with van der Waals surface area (Å²) in [5, 5.41) is 27.5. The van der Waals surface area contributed by atoms with Gasteiger partial charge in [-0.3, -0.25) is 9.59 Å². The Kier molecular flexibility index (Phi) is 9.14. The van der Waals surface area contributed by atoms with Crippen LogP contribution in [0.4, 0.5) is 4.79 Å². The molecule has 43 heavy (non-hydrogen) atoms. The SMILES string of the molecule is COc1ccc(C2=NN(C3CCN(C(=O)[C@@H](Cc4ccc(C#N)cc4)NC(=O)O)CC3)C(=O)[C@@H]3CCCC[C@H]23)cc1OC. The summed E-state index contributed by atoms with van der Waals surface area (Å²) in [6.45, 7) is 0.765. The number of nitriles is 1. The van der Waals surface area contributed by atoms with Gasteiger partial charge in [-0.05, 0) is 61.6 Å². The molecule has 0 radical (unpaired) electrons. The van der Waals surface area contributed by atoms with Gasteiger partial charge in [-0.1, -0.05) is 25.0 Å². The second kappa shape index (κ2) is 13.2. The van der Waals surface area contributed by atoms with Crippen LogP contribution in [0.2, 0.25) is 0 Å². The van der Waals surface area contributed by atoms with E-state index in [0.717, 1.165) is 42.5 Å². The first-order valence-electron chi connectivity index (χ1n) is 14.7. The molecule has 2 fully saturated rings. The number of likely N-dealkylation sites (tertiary alicyclic amines) is 1. The first kappa shape index (κ1) is 29.9. The molecule has 226 valence electrons. The van der Waals surface area contributed by atoms with E-state index in [1.807, 2.05) is 18.2 Å². The number of piperidine rings is 1. The maximum Gasteiger partial charge on any atom is 0.405 e. The van der Waals surface area contributed by atoms with Gasteiger partial charge in [0.05, 0.1) is 37.6 Å². The highest BCUT2D eigenvalue weighted by Gasteiger charge is 2.44. The predicted molar refractivity (Wildman–Crippen MR) is 158 cm³/mol. The molecule has 2 N–H and O–H groups in total. The Bertz CT molecular complexity index is 1430. The highest BCUT2D eigenvalue weighted by atomic mass is 16.5. The normalized spacial score (nSPS) is 21.2. The van der Waals surface area contributed by atoms with Crippen LogP contribution in [0.25, 0.3) is 0 Å². The average Bonchev–Trinajstić information content (AvgIpc) is 3.04. The van der Waals surface area contributed by atoms with Crippen molar-refractivity contribution in [2.24, 2.45) is 16.9 Å². The van der Waals surface area contributed by atoms with Gasteiger partial charge in [0.1, 0.15) is 6.04 Å². The fourth-order valence-electron chi connectivity index (χ4n) is 6.54. The van der Waals surface area contributed by atoms with Gasteiger partial charge in [-0.25, -0.2) is 9.80 Å². The lowest BCUT2D eigenvalue weighted by Crippen LogP contribution is -2.55. The lowest BCUT2D eigenvalue weighted by molar-refractivity contribution is -0.143. The molecular weight excluding hydrogens is 550 g/mol. The van der Waals surface area contributed by atoms with E-state index in [-0.39, 0.29) is 36.1 Å². The standard InChI is InChI=1S/C32H37N5O6/c1-42-27-12-11-22(18-28(27)43-2)29-24-5-3-4-6-25(24)30(38)37(35-29)23-13-15-36(16-14-23)31(39)26(34-32(40)41)17-20-7-9-21(19-33)10-8-20/h7-12,18,23-26,34H,3-6,13-17H2,1-2H3,(H,40,41)/t24-,25+,26+/m0/s1. The van der Waals surface area contributed by atoms with Crippen LogP contribution in [0.1, 0.15) is 55.2 Å². The molecular formula is C32H37N5O6. The van der Waals surface area contributed by atoms with Crippen molar-refractivity contribution in [2.75, 3.05) is 27.3 Å². The van der Waals surface area contributed by atoms with Crippen LogP contribution in [0, 0.1) is 23.2 Å². The Hall–Kier alpha value is -4.59. The van der Waals surface area contributed by atoms with Crippen LogP contribution >= 0.6 is 0 Å². The maximum atomic E-state index is 13.8. The minimum absolute atomic E-state index is 0.0438. The third-order valence-electron chi connectivity index (χ3n) is 8.80. The summed E-state index contributed by atoms with van der Waals surface area (Å²) >= 11 is 0. The number of ether oxygens (including phenoxy) is 2. The van der Waals surface area contributed by atoms with Gasteiger partial charge in [0.15, 0.2) is 11.5 Å². The summed E-state index contributed by atoms with van der Waals surface area (Å²) in [7, 11) is 3.19. The second-order valence-electron chi connectivity index (χ2n) is 11.3. The molecule has 11 nitrogen and oxygen atoms in total. The quantitative estimate of drug-likeness (QED) is 0.478. The number of methoxy groups -OCH3 is 2. The van der Waals surface area contributed by atoms with Crippen molar-refractivity contribution < 1.29 is 29.0 Å². The monoisotopic (exact) mass is 587 g/mol. The number of carbonyl (C=O) groups excluding carboxylic acids is 2. The Morgan fingerprint density at radius 3 is 2.33 bits per heavy atom. The minimum atomic E-state index is -1.28. The number of fused-ring (bicyclic) bond motifs is 1. The summed E-state index contributed by atoms with van der Waals surface area (Å²) in [6.07, 6.45) is 3.74. The van der Waals surface area contributed by atoms with Crippen molar-refractivity contribution in [1.29, 1.82) is 5.26 Å². The number of hydrogen-bond acceptors (Lipinski definition) is 7. The highest BCUT2D eigenvalue weighted by Crippen LogP contribution is 2.40. The molecule has 5 rings (SSSR count). The molecule has 2 aromatic carbocycles. The van der Waals surface area contributed by atoms with Crippen molar-refractivity contribution in [3.63, 3.8) is 0 Å². The third-order valence-corrected chi connectivity index (χ3v) is 8.80. The highest BCUT2D eigenvalue weighted by molar-refractivity contribution is 6.07. The Labute approximate surface area is 251 Å². The molecule has 3 atom stereocenters. The first-order chi connectivity index (χ1) is 20.8. The maximum absolute atomic E-state index is 13.8.